The van der Waals surface area contributed by atoms with Gasteiger partial charge in [-0.1, -0.05) is 0 Å². The van der Waals surface area contributed by atoms with Gasteiger partial charge in [-0.15, -0.1) is 0 Å². The molecule has 5 nitrogen and oxygen atoms in total. The van der Waals surface area contributed by atoms with Gasteiger partial charge >= 0.3 is 0 Å². The zero-order chi connectivity index (χ0) is 22.3. The molecule has 2 saturated heterocycles. The van der Waals surface area contributed by atoms with Gasteiger partial charge in [0.2, 0.25) is 5.91 Å². The fraction of sp³-hybridized carbons (Fsp3) is 0.682. The van der Waals surface area contributed by atoms with Crippen molar-refractivity contribution in [3.63, 3.8) is 0 Å². The molecule has 2 bridgehead atoms. The van der Waals surface area contributed by atoms with E-state index >= 15 is 0 Å². The lowest BCUT2D eigenvalue weighted by Gasteiger charge is -2.41. The lowest BCUT2D eigenvalue weighted by Crippen LogP contribution is -2.50. The van der Waals surface area contributed by atoms with E-state index in [1.54, 1.807) is 0 Å². The molecule has 1 aromatic carbocycles. The van der Waals surface area contributed by atoms with Gasteiger partial charge in [-0.05, 0) is 68.4 Å². The number of carbonyl (C=O) groups is 1. The summed E-state index contributed by atoms with van der Waals surface area (Å²) in [5.41, 5.74) is 6.37. The standard InChI is InChI=1S/C22H29F3N2O3S/c23-18-11-20(25)19(24)9-14(18)10-21(26)15-7-16-3-4-17(8-15)27(16)22(28)5-6-31(29,30)12-13-1-2-13/h9,11,13,15-17,21H,1-8,10,12,26H2/t15-,16+,17-,21-/m1/s1. The number of nitrogens with two attached hydrogens (primary N) is 1. The second-order valence-electron chi connectivity index (χ2n) is 9.45. The summed E-state index contributed by atoms with van der Waals surface area (Å²) in [4.78, 5) is 14.6. The van der Waals surface area contributed by atoms with Crippen molar-refractivity contribution < 1.29 is 26.4 Å². The average molecular weight is 459 g/mol. The molecule has 1 aromatic rings. The van der Waals surface area contributed by atoms with E-state index < -0.39 is 33.3 Å². The third-order valence-electron chi connectivity index (χ3n) is 7.02. The molecule has 31 heavy (non-hydrogen) atoms. The predicted molar refractivity (Wildman–Crippen MR) is 110 cm³/mol. The highest BCUT2D eigenvalue weighted by atomic mass is 32.2. The van der Waals surface area contributed by atoms with Crippen LogP contribution in [0.25, 0.3) is 0 Å². The first-order valence-corrected chi connectivity index (χ1v) is 12.9. The first-order valence-electron chi connectivity index (χ1n) is 11.0. The molecule has 4 rings (SSSR count). The molecule has 2 heterocycles. The first-order chi connectivity index (χ1) is 14.6. The van der Waals surface area contributed by atoms with Gasteiger partial charge in [-0.2, -0.15) is 0 Å². The molecule has 0 unspecified atom stereocenters. The van der Waals surface area contributed by atoms with E-state index in [1.807, 2.05) is 4.90 Å². The molecule has 0 radical (unpaired) electrons. The van der Waals surface area contributed by atoms with Gasteiger partial charge in [0.15, 0.2) is 21.5 Å². The lowest BCUT2D eigenvalue weighted by molar-refractivity contribution is -0.136. The van der Waals surface area contributed by atoms with E-state index in [9.17, 15) is 26.4 Å². The minimum Gasteiger partial charge on any atom is -0.337 e. The first kappa shape index (κ1) is 22.6. The maximum Gasteiger partial charge on any atom is 0.224 e. The molecule has 1 amide bonds. The third-order valence-corrected chi connectivity index (χ3v) is 8.83. The third kappa shape index (κ3) is 5.25. The van der Waals surface area contributed by atoms with Gasteiger partial charge < -0.3 is 10.6 Å². The summed E-state index contributed by atoms with van der Waals surface area (Å²) in [6.45, 7) is 0. The summed E-state index contributed by atoms with van der Waals surface area (Å²) in [6, 6.07) is 0.976. The number of rotatable bonds is 8. The number of halogens is 3. The van der Waals surface area contributed by atoms with Crippen molar-refractivity contribution in [2.75, 3.05) is 11.5 Å². The predicted octanol–water partition coefficient (Wildman–Crippen LogP) is 2.96. The summed E-state index contributed by atoms with van der Waals surface area (Å²) in [7, 11) is -3.20. The van der Waals surface area contributed by atoms with Crippen LogP contribution in [0, 0.1) is 29.3 Å². The molecular formula is C22H29F3N2O3S. The number of nitrogens with zero attached hydrogens (tertiary/aromatic N) is 1. The highest BCUT2D eigenvalue weighted by molar-refractivity contribution is 7.91. The SMILES string of the molecule is N[C@H](Cc1cc(F)c(F)cc1F)[C@H]1C[C@H]2CC[C@@H](C1)N2C(=O)CCS(=O)(=O)CC1CC1. The smallest absolute Gasteiger partial charge is 0.224 e. The van der Waals surface area contributed by atoms with Crippen molar-refractivity contribution in [2.24, 2.45) is 17.6 Å². The minimum absolute atomic E-state index is 0.00300. The van der Waals surface area contributed by atoms with Crippen LogP contribution in [0.1, 0.15) is 50.5 Å². The zero-order valence-electron chi connectivity index (χ0n) is 17.4. The Morgan fingerprint density at radius 2 is 1.65 bits per heavy atom. The zero-order valence-corrected chi connectivity index (χ0v) is 18.2. The number of hydrogen-bond acceptors (Lipinski definition) is 4. The number of fused-ring (bicyclic) bond motifs is 2. The van der Waals surface area contributed by atoms with Crippen LogP contribution in [0.2, 0.25) is 0 Å². The van der Waals surface area contributed by atoms with Crippen molar-refractivity contribution in [3.05, 3.63) is 35.1 Å². The number of sulfone groups is 1. The molecule has 3 aliphatic rings. The van der Waals surface area contributed by atoms with Gasteiger partial charge in [0.1, 0.15) is 5.82 Å². The van der Waals surface area contributed by atoms with E-state index in [-0.39, 0.29) is 59.7 Å². The molecule has 2 aliphatic heterocycles. The van der Waals surface area contributed by atoms with Crippen LogP contribution in [0.3, 0.4) is 0 Å². The Bertz CT molecular complexity index is 938. The number of carbonyl (C=O) groups excluding carboxylic acids is 1. The Morgan fingerprint density at radius 3 is 2.26 bits per heavy atom. The molecular weight excluding hydrogens is 429 g/mol. The van der Waals surface area contributed by atoms with Crippen LogP contribution < -0.4 is 5.73 Å². The highest BCUT2D eigenvalue weighted by Gasteiger charge is 2.44. The summed E-state index contributed by atoms with van der Waals surface area (Å²) >= 11 is 0. The van der Waals surface area contributed by atoms with E-state index in [0.717, 1.165) is 31.7 Å². The molecule has 172 valence electrons. The molecule has 2 N–H and O–H groups in total. The van der Waals surface area contributed by atoms with E-state index in [2.05, 4.69) is 0 Å². The number of piperidine rings is 1. The van der Waals surface area contributed by atoms with Gasteiger partial charge in [0.25, 0.3) is 0 Å². The number of amides is 1. The minimum atomic E-state index is -3.20. The largest absolute Gasteiger partial charge is 0.337 e. The van der Waals surface area contributed by atoms with E-state index in [1.165, 1.54) is 0 Å². The van der Waals surface area contributed by atoms with Crippen molar-refractivity contribution in [1.82, 2.24) is 4.90 Å². The van der Waals surface area contributed by atoms with E-state index in [0.29, 0.717) is 18.9 Å². The van der Waals surface area contributed by atoms with Crippen LogP contribution in [-0.2, 0) is 21.1 Å². The molecule has 0 aromatic heterocycles. The van der Waals surface area contributed by atoms with Gasteiger partial charge in [0, 0.05) is 30.6 Å². The fourth-order valence-electron chi connectivity index (χ4n) is 5.22. The average Bonchev–Trinajstić information content (AvgIpc) is 3.46. The Kier molecular flexibility index (Phi) is 6.36. The van der Waals surface area contributed by atoms with E-state index in [4.69, 9.17) is 5.73 Å². The summed E-state index contributed by atoms with van der Waals surface area (Å²) in [5, 5.41) is 0. The number of benzene rings is 1. The van der Waals surface area contributed by atoms with Crippen molar-refractivity contribution in [3.8, 4) is 0 Å². The molecule has 1 saturated carbocycles. The summed E-state index contributed by atoms with van der Waals surface area (Å²) < 4.78 is 65.0. The van der Waals surface area contributed by atoms with Crippen LogP contribution in [-0.4, -0.2) is 48.9 Å². The van der Waals surface area contributed by atoms with Gasteiger partial charge in [-0.25, -0.2) is 21.6 Å². The Hall–Kier alpha value is -1.61. The van der Waals surface area contributed by atoms with Gasteiger partial charge in [0.05, 0.1) is 11.5 Å². The Labute approximate surface area is 181 Å². The van der Waals surface area contributed by atoms with Crippen LogP contribution in [0.5, 0.6) is 0 Å². The lowest BCUT2D eigenvalue weighted by atomic mass is 9.82. The highest BCUT2D eigenvalue weighted by Crippen LogP contribution is 2.40. The molecule has 4 atom stereocenters. The normalized spacial score (nSPS) is 26.8. The molecule has 1 aliphatic carbocycles. The second-order valence-corrected chi connectivity index (χ2v) is 11.7. The Balaban J connectivity index is 1.34. The van der Waals surface area contributed by atoms with Crippen LogP contribution >= 0.6 is 0 Å². The maximum absolute atomic E-state index is 14.0. The van der Waals surface area contributed by atoms with Crippen LogP contribution in [0.15, 0.2) is 12.1 Å². The summed E-state index contributed by atoms with van der Waals surface area (Å²) in [6.07, 6.45) is 5.02. The second kappa shape index (κ2) is 8.73. The fourth-order valence-corrected chi connectivity index (χ4v) is 6.92. The molecule has 0 spiro atoms. The van der Waals surface area contributed by atoms with Crippen molar-refractivity contribution in [1.29, 1.82) is 0 Å². The topological polar surface area (TPSA) is 80.5 Å². The Morgan fingerprint density at radius 1 is 1.03 bits per heavy atom. The van der Waals surface area contributed by atoms with Crippen molar-refractivity contribution in [2.45, 2.75) is 69.5 Å². The quantitative estimate of drug-likeness (QED) is 0.608. The monoisotopic (exact) mass is 458 g/mol. The summed E-state index contributed by atoms with van der Waals surface area (Å²) in [5.74, 6) is -2.86. The number of hydrogen-bond donors (Lipinski definition) is 1. The van der Waals surface area contributed by atoms with Gasteiger partial charge in [-0.3, -0.25) is 4.79 Å². The molecule has 3 fully saturated rings. The van der Waals surface area contributed by atoms with Crippen LogP contribution in [0.4, 0.5) is 13.2 Å². The maximum atomic E-state index is 14.0. The molecule has 9 heteroatoms. The van der Waals surface area contributed by atoms with Crippen molar-refractivity contribution >= 4 is 15.7 Å².